The van der Waals surface area contributed by atoms with E-state index < -0.39 is 5.97 Å². The third-order valence-electron chi connectivity index (χ3n) is 0.319. The minimum absolute atomic E-state index is 0. The molecule has 7 heavy (non-hydrogen) atoms. The molecule has 0 rings (SSSR count). The van der Waals surface area contributed by atoms with Gasteiger partial charge in [-0.1, -0.05) is 6.08 Å². The Kier molecular flexibility index (Phi) is 9.66. The SMILES string of the molecule is C=CCC(=O)O.[CaH2]. The van der Waals surface area contributed by atoms with Crippen molar-refractivity contribution in [2.75, 3.05) is 0 Å². The van der Waals surface area contributed by atoms with Crippen molar-refractivity contribution >= 4 is 43.7 Å². The second-order valence-electron chi connectivity index (χ2n) is 0.887. The van der Waals surface area contributed by atoms with Gasteiger partial charge < -0.3 is 5.11 Å². The fourth-order valence-corrected chi connectivity index (χ4v) is 0.123. The molecule has 0 aromatic carbocycles. The van der Waals surface area contributed by atoms with Gasteiger partial charge in [0.25, 0.3) is 0 Å². The summed E-state index contributed by atoms with van der Waals surface area (Å²) in [5.41, 5.74) is 0. The van der Waals surface area contributed by atoms with Crippen LogP contribution in [0.15, 0.2) is 12.7 Å². The van der Waals surface area contributed by atoms with Crippen LogP contribution in [-0.2, 0) is 4.79 Å². The first kappa shape index (κ1) is 10.5. The first-order chi connectivity index (χ1) is 2.77. The van der Waals surface area contributed by atoms with Crippen LogP contribution < -0.4 is 0 Å². The molecule has 0 aliphatic rings. The molecule has 0 fully saturated rings. The summed E-state index contributed by atoms with van der Waals surface area (Å²) in [6, 6.07) is 0. The van der Waals surface area contributed by atoms with E-state index in [0.717, 1.165) is 0 Å². The molecule has 0 heterocycles. The summed E-state index contributed by atoms with van der Waals surface area (Å²) in [5.74, 6) is -0.829. The molecule has 3 heteroatoms. The molecule has 0 atom stereocenters. The van der Waals surface area contributed by atoms with Crippen molar-refractivity contribution in [1.29, 1.82) is 0 Å². The van der Waals surface area contributed by atoms with Crippen LogP contribution in [0, 0.1) is 0 Å². The van der Waals surface area contributed by atoms with E-state index in [2.05, 4.69) is 6.58 Å². The molecular weight excluding hydrogens is 120 g/mol. The normalized spacial score (nSPS) is 6.29. The van der Waals surface area contributed by atoms with E-state index in [1.165, 1.54) is 6.08 Å². The molecule has 0 saturated heterocycles. The van der Waals surface area contributed by atoms with Crippen LogP contribution in [0.3, 0.4) is 0 Å². The van der Waals surface area contributed by atoms with Crippen LogP contribution in [0.5, 0.6) is 0 Å². The van der Waals surface area contributed by atoms with Gasteiger partial charge in [0, 0.05) is 0 Å². The first-order valence-corrected chi connectivity index (χ1v) is 1.60. The molecule has 2 nitrogen and oxygen atoms in total. The van der Waals surface area contributed by atoms with Crippen molar-refractivity contribution in [1.82, 2.24) is 0 Å². The van der Waals surface area contributed by atoms with Gasteiger partial charge in [0.15, 0.2) is 0 Å². The summed E-state index contributed by atoms with van der Waals surface area (Å²) in [5, 5.41) is 7.84. The maximum absolute atomic E-state index is 9.53. The van der Waals surface area contributed by atoms with Crippen molar-refractivity contribution < 1.29 is 9.90 Å². The zero-order chi connectivity index (χ0) is 4.99. The standard InChI is InChI=1S/C4H6O2.Ca.2H/c1-2-3-4(5)6;;;/h2H,1,3H2,(H,5,6);;;. The molecule has 0 aromatic rings. The van der Waals surface area contributed by atoms with Gasteiger partial charge in [0.2, 0.25) is 0 Å². The number of hydrogen-bond acceptors (Lipinski definition) is 1. The van der Waals surface area contributed by atoms with Gasteiger partial charge in [0.05, 0.1) is 6.42 Å². The van der Waals surface area contributed by atoms with Crippen molar-refractivity contribution in [2.45, 2.75) is 6.42 Å². The fraction of sp³-hybridized carbons (Fsp3) is 0.250. The Morgan fingerprint density at radius 3 is 2.29 bits per heavy atom. The summed E-state index contributed by atoms with van der Waals surface area (Å²) in [7, 11) is 0. The number of carboxylic acids is 1. The van der Waals surface area contributed by atoms with Crippen LogP contribution in [0.1, 0.15) is 6.42 Å². The van der Waals surface area contributed by atoms with Crippen molar-refractivity contribution in [2.24, 2.45) is 0 Å². The average molecular weight is 128 g/mol. The molecule has 0 amide bonds. The summed E-state index contributed by atoms with van der Waals surface area (Å²) >= 11 is 0. The van der Waals surface area contributed by atoms with Crippen LogP contribution in [0.4, 0.5) is 0 Å². The molecule has 0 saturated carbocycles. The number of aliphatic carboxylic acids is 1. The van der Waals surface area contributed by atoms with Crippen molar-refractivity contribution in [3.05, 3.63) is 12.7 Å². The predicted octanol–water partition coefficient (Wildman–Crippen LogP) is -0.269. The molecule has 1 N–H and O–H groups in total. The summed E-state index contributed by atoms with van der Waals surface area (Å²) in [6.07, 6.45) is 1.41. The Labute approximate surface area is 72.2 Å². The van der Waals surface area contributed by atoms with Gasteiger partial charge >= 0.3 is 43.7 Å². The summed E-state index contributed by atoms with van der Waals surface area (Å²) in [4.78, 5) is 9.53. The van der Waals surface area contributed by atoms with E-state index in [1.807, 2.05) is 0 Å². The van der Waals surface area contributed by atoms with E-state index in [9.17, 15) is 4.79 Å². The minimum atomic E-state index is -0.829. The van der Waals surface area contributed by atoms with Gasteiger partial charge in [-0.3, -0.25) is 4.79 Å². The first-order valence-electron chi connectivity index (χ1n) is 1.60. The zero-order valence-corrected chi connectivity index (χ0v) is 3.35. The predicted molar refractivity (Wildman–Crippen MR) is 31.0 cm³/mol. The molecular formula is C4H8CaO2. The number of carboxylic acid groups (broad SMARTS) is 1. The Morgan fingerprint density at radius 2 is 2.29 bits per heavy atom. The van der Waals surface area contributed by atoms with E-state index in [4.69, 9.17) is 5.11 Å². The number of carbonyl (C=O) groups is 1. The van der Waals surface area contributed by atoms with Crippen molar-refractivity contribution in [3.63, 3.8) is 0 Å². The van der Waals surface area contributed by atoms with Gasteiger partial charge in [-0.05, 0) is 0 Å². The fourth-order valence-electron chi connectivity index (χ4n) is 0.123. The van der Waals surface area contributed by atoms with Gasteiger partial charge in [-0.15, -0.1) is 6.58 Å². The molecule has 0 aliphatic carbocycles. The zero-order valence-electron chi connectivity index (χ0n) is 3.35. The van der Waals surface area contributed by atoms with E-state index >= 15 is 0 Å². The Balaban J connectivity index is 0. The quantitative estimate of drug-likeness (QED) is 0.410. The van der Waals surface area contributed by atoms with Gasteiger partial charge in [-0.2, -0.15) is 0 Å². The van der Waals surface area contributed by atoms with Crippen LogP contribution >= 0.6 is 0 Å². The third-order valence-corrected chi connectivity index (χ3v) is 0.319. The molecule has 0 radical (unpaired) electrons. The molecule has 0 unspecified atom stereocenters. The van der Waals surface area contributed by atoms with E-state index in [-0.39, 0.29) is 44.2 Å². The second kappa shape index (κ2) is 6.47. The third kappa shape index (κ3) is 10.7. The van der Waals surface area contributed by atoms with E-state index in [1.54, 1.807) is 0 Å². The Bertz CT molecular complexity index is 70.1. The number of hydrogen-bond donors (Lipinski definition) is 1. The summed E-state index contributed by atoms with van der Waals surface area (Å²) in [6.45, 7) is 3.22. The van der Waals surface area contributed by atoms with Crippen LogP contribution in [-0.4, -0.2) is 48.8 Å². The molecule has 0 spiro atoms. The van der Waals surface area contributed by atoms with E-state index in [0.29, 0.717) is 0 Å². The summed E-state index contributed by atoms with van der Waals surface area (Å²) < 4.78 is 0. The second-order valence-corrected chi connectivity index (χ2v) is 0.887. The van der Waals surface area contributed by atoms with Gasteiger partial charge in [-0.25, -0.2) is 0 Å². The monoisotopic (exact) mass is 128 g/mol. The van der Waals surface area contributed by atoms with Crippen molar-refractivity contribution in [3.8, 4) is 0 Å². The molecule has 0 aliphatic heterocycles. The molecule has 0 aromatic heterocycles. The Morgan fingerprint density at radius 1 is 1.86 bits per heavy atom. The van der Waals surface area contributed by atoms with Gasteiger partial charge in [0.1, 0.15) is 0 Å². The Hall–Kier alpha value is 0.470. The molecule has 38 valence electrons. The average Bonchev–Trinajstić information content (AvgIpc) is 1.35. The van der Waals surface area contributed by atoms with Crippen LogP contribution in [0.2, 0.25) is 0 Å². The molecule has 0 bridgehead atoms. The topological polar surface area (TPSA) is 37.3 Å². The number of rotatable bonds is 2. The maximum atomic E-state index is 9.53. The van der Waals surface area contributed by atoms with Crippen LogP contribution in [0.25, 0.3) is 0 Å².